The quantitative estimate of drug-likeness (QED) is 0.800. The molecule has 0 bridgehead atoms. The maximum atomic E-state index is 12.8. The van der Waals surface area contributed by atoms with Gasteiger partial charge in [0, 0.05) is 63.4 Å². The number of rotatable bonds is 4. The van der Waals surface area contributed by atoms with Gasteiger partial charge >= 0.3 is 0 Å². The Bertz CT molecular complexity index is 761. The van der Waals surface area contributed by atoms with Crippen LogP contribution in [0.25, 0.3) is 0 Å². The van der Waals surface area contributed by atoms with E-state index in [4.69, 9.17) is 0 Å². The summed E-state index contributed by atoms with van der Waals surface area (Å²) in [7, 11) is 1.81. The molecule has 1 atom stereocenters. The van der Waals surface area contributed by atoms with Gasteiger partial charge in [0.15, 0.2) is 5.78 Å². The van der Waals surface area contributed by atoms with E-state index >= 15 is 0 Å². The Labute approximate surface area is 148 Å². The molecule has 6 heteroatoms. The van der Waals surface area contributed by atoms with Gasteiger partial charge in [-0.05, 0) is 31.5 Å². The van der Waals surface area contributed by atoms with Crippen LogP contribution in [0.4, 0.5) is 0 Å². The monoisotopic (exact) mass is 340 g/mol. The topological polar surface area (TPSA) is 58.4 Å². The fraction of sp³-hybridized carbons (Fsp3) is 0.421. The summed E-state index contributed by atoms with van der Waals surface area (Å²) < 4.78 is 1.74. The molecule has 0 spiro atoms. The van der Waals surface area contributed by atoms with Crippen LogP contribution in [0.3, 0.4) is 0 Å². The van der Waals surface area contributed by atoms with Gasteiger partial charge < -0.3 is 9.47 Å². The van der Waals surface area contributed by atoms with E-state index in [2.05, 4.69) is 22.9 Å². The summed E-state index contributed by atoms with van der Waals surface area (Å²) in [6.07, 6.45) is 5.40. The van der Waals surface area contributed by atoms with E-state index in [1.54, 1.807) is 30.1 Å². The fourth-order valence-electron chi connectivity index (χ4n) is 3.28. The number of hydrogen-bond donors (Lipinski definition) is 0. The molecule has 2 aromatic heterocycles. The summed E-state index contributed by atoms with van der Waals surface area (Å²) in [6.45, 7) is 6.71. The summed E-state index contributed by atoms with van der Waals surface area (Å²) in [6, 6.07) is 6.01. The van der Waals surface area contributed by atoms with Crippen LogP contribution in [0, 0.1) is 0 Å². The van der Waals surface area contributed by atoms with Crippen LogP contribution in [-0.4, -0.2) is 57.2 Å². The Morgan fingerprint density at radius 1 is 1.20 bits per heavy atom. The van der Waals surface area contributed by atoms with Crippen molar-refractivity contribution in [3.05, 3.63) is 53.6 Å². The summed E-state index contributed by atoms with van der Waals surface area (Å²) in [5.41, 5.74) is 2.34. The highest BCUT2D eigenvalue weighted by atomic mass is 16.2. The van der Waals surface area contributed by atoms with Crippen molar-refractivity contribution < 1.29 is 9.59 Å². The number of carbonyl (C=O) groups is 2. The lowest BCUT2D eigenvalue weighted by Crippen LogP contribution is -2.49. The number of ketones is 1. The molecular formula is C19H24N4O2. The van der Waals surface area contributed by atoms with E-state index in [9.17, 15) is 9.59 Å². The highest BCUT2D eigenvalue weighted by Crippen LogP contribution is 2.21. The number of Topliss-reactive ketones (excluding diaryl/α,β-unsaturated/α-hetero) is 1. The number of pyridine rings is 1. The highest BCUT2D eigenvalue weighted by Gasteiger charge is 2.27. The van der Waals surface area contributed by atoms with Crippen LogP contribution in [0.2, 0.25) is 0 Å². The average Bonchev–Trinajstić information content (AvgIpc) is 3.03. The number of hydrogen-bond acceptors (Lipinski definition) is 4. The highest BCUT2D eigenvalue weighted by molar-refractivity contribution is 5.99. The van der Waals surface area contributed by atoms with Gasteiger partial charge in [0.25, 0.3) is 5.91 Å². The number of nitrogens with zero attached hydrogens (tertiary/aromatic N) is 4. The third kappa shape index (κ3) is 3.64. The molecule has 0 radical (unpaired) electrons. The SMILES string of the molecule is CC(=O)c1cc(C(=O)N2CCN(C(C)c3cccnc3)CC2)n(C)c1. The van der Waals surface area contributed by atoms with Gasteiger partial charge in [0.2, 0.25) is 0 Å². The lowest BCUT2D eigenvalue weighted by atomic mass is 10.1. The summed E-state index contributed by atoms with van der Waals surface area (Å²) in [5, 5.41) is 0. The molecule has 0 aromatic carbocycles. The van der Waals surface area contributed by atoms with Crippen LogP contribution in [0.15, 0.2) is 36.8 Å². The van der Waals surface area contributed by atoms with Crippen molar-refractivity contribution >= 4 is 11.7 Å². The van der Waals surface area contributed by atoms with Crippen molar-refractivity contribution in [2.45, 2.75) is 19.9 Å². The first kappa shape index (κ1) is 17.4. The number of aryl methyl sites for hydroxylation is 1. The van der Waals surface area contributed by atoms with Crippen molar-refractivity contribution in [1.29, 1.82) is 0 Å². The van der Waals surface area contributed by atoms with Crippen LogP contribution in [-0.2, 0) is 7.05 Å². The van der Waals surface area contributed by atoms with Gasteiger partial charge in [-0.15, -0.1) is 0 Å². The van der Waals surface area contributed by atoms with Crippen molar-refractivity contribution in [1.82, 2.24) is 19.4 Å². The minimum absolute atomic E-state index is 0.0105. The number of piperazine rings is 1. The number of aromatic nitrogens is 2. The zero-order valence-electron chi connectivity index (χ0n) is 15.0. The first-order valence-corrected chi connectivity index (χ1v) is 8.58. The Morgan fingerprint density at radius 2 is 1.92 bits per heavy atom. The third-order valence-electron chi connectivity index (χ3n) is 4.95. The predicted molar refractivity (Wildman–Crippen MR) is 95.5 cm³/mol. The maximum Gasteiger partial charge on any atom is 0.270 e. The van der Waals surface area contributed by atoms with Crippen molar-refractivity contribution in [3.8, 4) is 0 Å². The van der Waals surface area contributed by atoms with E-state index in [0.29, 0.717) is 24.3 Å². The van der Waals surface area contributed by atoms with E-state index in [-0.39, 0.29) is 17.7 Å². The fourth-order valence-corrected chi connectivity index (χ4v) is 3.28. The zero-order chi connectivity index (χ0) is 18.0. The molecule has 2 aromatic rings. The molecule has 6 nitrogen and oxygen atoms in total. The molecule has 1 aliphatic heterocycles. The molecule has 132 valence electrons. The first-order chi connectivity index (χ1) is 12.0. The minimum Gasteiger partial charge on any atom is -0.346 e. The molecule has 1 saturated heterocycles. The Morgan fingerprint density at radius 3 is 2.48 bits per heavy atom. The van der Waals surface area contributed by atoms with Gasteiger partial charge in [-0.25, -0.2) is 0 Å². The molecule has 1 amide bonds. The van der Waals surface area contributed by atoms with Crippen molar-refractivity contribution in [2.24, 2.45) is 7.05 Å². The largest absolute Gasteiger partial charge is 0.346 e. The van der Waals surface area contributed by atoms with Crippen molar-refractivity contribution in [3.63, 3.8) is 0 Å². The molecular weight excluding hydrogens is 316 g/mol. The molecule has 25 heavy (non-hydrogen) atoms. The van der Waals surface area contributed by atoms with Gasteiger partial charge in [0.05, 0.1) is 0 Å². The molecule has 0 saturated carbocycles. The number of amides is 1. The van der Waals surface area contributed by atoms with E-state index < -0.39 is 0 Å². The van der Waals surface area contributed by atoms with Crippen molar-refractivity contribution in [2.75, 3.05) is 26.2 Å². The summed E-state index contributed by atoms with van der Waals surface area (Å²) in [4.78, 5) is 32.7. The Kier molecular flexibility index (Phi) is 4.99. The molecule has 1 aliphatic rings. The standard InChI is InChI=1S/C19H24N4O2/c1-14(16-5-4-6-20-12-16)22-7-9-23(10-8-22)19(25)18-11-17(15(2)24)13-21(18)3/h4-6,11-14H,7-10H2,1-3H3. The second-order valence-corrected chi connectivity index (χ2v) is 6.57. The van der Waals surface area contributed by atoms with Crippen LogP contribution in [0.5, 0.6) is 0 Å². The van der Waals surface area contributed by atoms with E-state index in [0.717, 1.165) is 13.1 Å². The van der Waals surface area contributed by atoms with Gasteiger partial charge in [-0.1, -0.05) is 6.07 Å². The smallest absolute Gasteiger partial charge is 0.270 e. The zero-order valence-corrected chi connectivity index (χ0v) is 15.0. The van der Waals surface area contributed by atoms with Gasteiger partial charge in [0.1, 0.15) is 5.69 Å². The molecule has 3 rings (SSSR count). The molecule has 1 unspecified atom stereocenters. The molecule has 0 aliphatic carbocycles. The summed E-state index contributed by atoms with van der Waals surface area (Å²) in [5.74, 6) is -0.0338. The lowest BCUT2D eigenvalue weighted by Gasteiger charge is -2.38. The Balaban J connectivity index is 1.64. The maximum absolute atomic E-state index is 12.8. The number of carbonyl (C=O) groups excluding carboxylic acids is 2. The Hall–Kier alpha value is -2.47. The van der Waals surface area contributed by atoms with Crippen LogP contribution in [0.1, 0.15) is 46.3 Å². The molecule has 3 heterocycles. The second-order valence-electron chi connectivity index (χ2n) is 6.57. The minimum atomic E-state index is -0.0234. The van der Waals surface area contributed by atoms with Crippen LogP contribution >= 0.6 is 0 Å². The first-order valence-electron chi connectivity index (χ1n) is 8.58. The average molecular weight is 340 g/mol. The van der Waals surface area contributed by atoms with Gasteiger partial charge in [-0.2, -0.15) is 0 Å². The predicted octanol–water partition coefficient (Wildman–Crippen LogP) is 2.14. The summed E-state index contributed by atoms with van der Waals surface area (Å²) >= 11 is 0. The molecule has 0 N–H and O–H groups in total. The normalized spacial score (nSPS) is 16.7. The second kappa shape index (κ2) is 7.19. The van der Waals surface area contributed by atoms with Gasteiger partial charge in [-0.3, -0.25) is 19.5 Å². The van der Waals surface area contributed by atoms with Crippen LogP contribution < -0.4 is 0 Å². The third-order valence-corrected chi connectivity index (χ3v) is 4.95. The van der Waals surface area contributed by atoms with E-state index in [1.807, 2.05) is 17.2 Å². The lowest BCUT2D eigenvalue weighted by molar-refractivity contribution is 0.0573. The molecule has 1 fully saturated rings. The van der Waals surface area contributed by atoms with E-state index in [1.165, 1.54) is 12.5 Å².